The van der Waals surface area contributed by atoms with Gasteiger partial charge in [-0.25, -0.2) is 4.39 Å². The van der Waals surface area contributed by atoms with Gasteiger partial charge in [0.2, 0.25) is 0 Å². The molecular formula is C43H67FN2O3. The predicted molar refractivity (Wildman–Crippen MR) is 196 cm³/mol. The summed E-state index contributed by atoms with van der Waals surface area (Å²) in [4.78, 5) is 14.6. The maximum atomic E-state index is 14.0. The van der Waals surface area contributed by atoms with Gasteiger partial charge >= 0.3 is 5.97 Å². The molecule has 1 saturated heterocycles. The molecule has 6 heteroatoms. The second-order valence-corrected chi connectivity index (χ2v) is 19.4. The summed E-state index contributed by atoms with van der Waals surface area (Å²) in [6.07, 6.45) is 17.5. The molecule has 0 aromatic heterocycles. The van der Waals surface area contributed by atoms with Crippen molar-refractivity contribution in [3.8, 4) is 0 Å². The summed E-state index contributed by atoms with van der Waals surface area (Å²) in [6, 6.07) is 0. The number of nitrogens with one attached hydrogen (secondary N) is 1. The van der Waals surface area contributed by atoms with E-state index in [0.717, 1.165) is 51.7 Å². The number of hydrogen-bond acceptors (Lipinski definition) is 4. The summed E-state index contributed by atoms with van der Waals surface area (Å²) in [5, 5.41) is 14.1. The highest BCUT2D eigenvalue weighted by molar-refractivity contribution is 5.75. The van der Waals surface area contributed by atoms with Gasteiger partial charge in [-0.2, -0.15) is 0 Å². The van der Waals surface area contributed by atoms with Crippen LogP contribution in [-0.4, -0.2) is 67.6 Å². The Hall–Kier alpha value is -1.50. The Labute approximate surface area is 297 Å². The number of carbonyl (C=O) groups is 1. The third-order valence-corrected chi connectivity index (χ3v) is 17.3. The Balaban J connectivity index is 1.15. The molecule has 6 aliphatic carbocycles. The normalized spacial score (nSPS) is 46.4. The van der Waals surface area contributed by atoms with Crippen LogP contribution >= 0.6 is 0 Å². The van der Waals surface area contributed by atoms with E-state index in [1.165, 1.54) is 68.1 Å². The van der Waals surface area contributed by atoms with Gasteiger partial charge in [0.1, 0.15) is 6.67 Å². The highest BCUT2D eigenvalue weighted by Crippen LogP contribution is 2.76. The molecule has 10 atom stereocenters. The summed E-state index contributed by atoms with van der Waals surface area (Å²) in [5.41, 5.74) is 3.99. The first-order chi connectivity index (χ1) is 23.2. The molecular weight excluding hydrogens is 611 g/mol. The van der Waals surface area contributed by atoms with Crippen LogP contribution in [0.3, 0.4) is 0 Å². The van der Waals surface area contributed by atoms with Crippen molar-refractivity contribution in [2.24, 2.45) is 56.7 Å². The van der Waals surface area contributed by atoms with Crippen LogP contribution in [0.5, 0.6) is 0 Å². The number of carboxylic acid groups (broad SMARTS) is 1. The van der Waals surface area contributed by atoms with Gasteiger partial charge in [-0.15, -0.1) is 0 Å². The van der Waals surface area contributed by atoms with Crippen molar-refractivity contribution in [3.05, 3.63) is 35.5 Å². The lowest BCUT2D eigenvalue weighted by Crippen LogP contribution is -2.68. The molecule has 49 heavy (non-hydrogen) atoms. The van der Waals surface area contributed by atoms with E-state index in [-0.39, 0.29) is 16.4 Å². The molecule has 0 aromatic rings. The van der Waals surface area contributed by atoms with E-state index in [4.69, 9.17) is 4.74 Å². The van der Waals surface area contributed by atoms with E-state index in [0.29, 0.717) is 53.8 Å². The van der Waals surface area contributed by atoms with Crippen molar-refractivity contribution in [3.63, 3.8) is 0 Å². The van der Waals surface area contributed by atoms with Crippen LogP contribution < -0.4 is 5.32 Å². The van der Waals surface area contributed by atoms with Gasteiger partial charge in [0.05, 0.1) is 18.6 Å². The van der Waals surface area contributed by atoms with Gasteiger partial charge in [-0.3, -0.25) is 9.69 Å². The van der Waals surface area contributed by atoms with Gasteiger partial charge in [0.15, 0.2) is 0 Å². The molecule has 0 amide bonds. The molecule has 274 valence electrons. The SMILES string of the molecule is C=C(C)[C@@H]1CC[C@]2(NCCN3CCOCC3)CC[C@]3(C)[C@H](CCC4[C@@]5(C)CC=C(C6=CC[C@](CF)(C(=O)O)CC6)C(C)(C)C5CC[C@]43C)C12. The van der Waals surface area contributed by atoms with Crippen molar-refractivity contribution in [2.45, 2.75) is 124 Å². The van der Waals surface area contributed by atoms with Crippen LogP contribution in [0.1, 0.15) is 119 Å². The van der Waals surface area contributed by atoms with Gasteiger partial charge in [0, 0.05) is 31.7 Å². The number of carboxylic acids is 1. The Morgan fingerprint density at radius 2 is 1.71 bits per heavy atom. The summed E-state index contributed by atoms with van der Waals surface area (Å²) >= 11 is 0. The van der Waals surface area contributed by atoms with Gasteiger partial charge < -0.3 is 15.2 Å². The van der Waals surface area contributed by atoms with Gasteiger partial charge in [0.25, 0.3) is 0 Å². The van der Waals surface area contributed by atoms with E-state index in [2.05, 4.69) is 70.5 Å². The van der Waals surface area contributed by atoms with E-state index >= 15 is 0 Å². The second kappa shape index (κ2) is 12.6. The van der Waals surface area contributed by atoms with E-state index < -0.39 is 18.1 Å². The number of alkyl halides is 1. The summed E-state index contributed by atoms with van der Waals surface area (Å²) in [5.74, 6) is 2.31. The molecule has 5 fully saturated rings. The molecule has 7 aliphatic rings. The molecule has 7 rings (SSSR count). The summed E-state index contributed by atoms with van der Waals surface area (Å²) < 4.78 is 19.6. The predicted octanol–water partition coefficient (Wildman–Crippen LogP) is 9.01. The Morgan fingerprint density at radius 3 is 2.37 bits per heavy atom. The number of hydrogen-bond donors (Lipinski definition) is 2. The number of fused-ring (bicyclic) bond motifs is 7. The maximum absolute atomic E-state index is 14.0. The highest BCUT2D eigenvalue weighted by atomic mass is 19.1. The number of aliphatic carboxylic acids is 1. The van der Waals surface area contributed by atoms with E-state index in [1.807, 2.05) is 0 Å². The van der Waals surface area contributed by atoms with E-state index in [9.17, 15) is 14.3 Å². The summed E-state index contributed by atoms with van der Waals surface area (Å²) in [7, 11) is 0. The highest BCUT2D eigenvalue weighted by Gasteiger charge is 2.70. The van der Waals surface area contributed by atoms with Crippen LogP contribution in [-0.2, 0) is 9.53 Å². The van der Waals surface area contributed by atoms with Crippen molar-refractivity contribution in [1.29, 1.82) is 0 Å². The lowest BCUT2D eigenvalue weighted by atomic mass is 9.33. The van der Waals surface area contributed by atoms with Crippen LogP contribution in [0.15, 0.2) is 35.5 Å². The molecule has 4 saturated carbocycles. The third kappa shape index (κ3) is 5.33. The molecule has 0 bridgehead atoms. The van der Waals surface area contributed by atoms with Gasteiger partial charge in [-0.1, -0.05) is 58.9 Å². The van der Waals surface area contributed by atoms with Crippen molar-refractivity contribution < 1.29 is 19.0 Å². The molecule has 1 heterocycles. The molecule has 2 N–H and O–H groups in total. The quantitative estimate of drug-likeness (QED) is 0.251. The standard InChI is InChI=1S/C43H67FN2O3/c1-29(2)31-12-19-43(45-22-23-46-24-26-49-27-25-46)21-20-40(6)33(36(31)43)8-9-35-39(5)15-13-32(38(3,4)34(39)14-16-41(35,40)7)30-10-17-42(28-44,18-11-30)37(47)48/h10,13,31,33-36,45H,1,8-9,11-12,14-28H2,2-7H3,(H,47,48)/t31-,33+,34?,35?,36?,39-,40+,41+,42-,43-/m0/s1. The molecule has 1 aliphatic heterocycles. The van der Waals surface area contributed by atoms with Crippen molar-refractivity contribution >= 4 is 5.97 Å². The largest absolute Gasteiger partial charge is 0.481 e. The second-order valence-electron chi connectivity index (χ2n) is 19.4. The lowest BCUT2D eigenvalue weighted by Gasteiger charge is -2.72. The fourth-order valence-corrected chi connectivity index (χ4v) is 14.4. The Kier molecular flexibility index (Phi) is 9.21. The third-order valence-electron chi connectivity index (χ3n) is 17.3. The fourth-order valence-electron chi connectivity index (χ4n) is 14.4. The zero-order valence-electron chi connectivity index (χ0n) is 31.8. The number of rotatable bonds is 8. The fraction of sp³-hybridized carbons (Fsp3) is 0.837. The minimum absolute atomic E-state index is 0.0134. The lowest BCUT2D eigenvalue weighted by molar-refractivity contribution is -0.221. The minimum Gasteiger partial charge on any atom is -0.481 e. The molecule has 0 aromatic carbocycles. The van der Waals surface area contributed by atoms with Crippen LogP contribution in [0.25, 0.3) is 0 Å². The first kappa shape index (κ1) is 35.9. The number of ether oxygens (including phenoxy) is 1. The minimum atomic E-state index is -1.24. The molecule has 0 spiro atoms. The molecule has 3 unspecified atom stereocenters. The number of morpholine rings is 1. The maximum Gasteiger partial charge on any atom is 0.312 e. The van der Waals surface area contributed by atoms with Crippen LogP contribution in [0.2, 0.25) is 0 Å². The number of nitrogens with zero attached hydrogens (tertiary/aromatic N) is 1. The van der Waals surface area contributed by atoms with Crippen LogP contribution in [0.4, 0.5) is 4.39 Å². The Morgan fingerprint density at radius 1 is 0.959 bits per heavy atom. The smallest absolute Gasteiger partial charge is 0.312 e. The zero-order chi connectivity index (χ0) is 35.0. The average molecular weight is 679 g/mol. The number of halogens is 1. The first-order valence-electron chi connectivity index (χ1n) is 20.1. The molecule has 5 nitrogen and oxygen atoms in total. The van der Waals surface area contributed by atoms with E-state index in [1.54, 1.807) is 0 Å². The van der Waals surface area contributed by atoms with Crippen LogP contribution in [0, 0.1) is 56.7 Å². The average Bonchev–Trinajstić information content (AvgIpc) is 3.45. The molecule has 0 radical (unpaired) electrons. The van der Waals surface area contributed by atoms with Gasteiger partial charge in [-0.05, 0) is 146 Å². The number of allylic oxidation sites excluding steroid dienone is 5. The van der Waals surface area contributed by atoms with Crippen molar-refractivity contribution in [1.82, 2.24) is 10.2 Å². The topological polar surface area (TPSA) is 61.8 Å². The summed E-state index contributed by atoms with van der Waals surface area (Å²) in [6.45, 7) is 25.3. The zero-order valence-corrected chi connectivity index (χ0v) is 31.8. The first-order valence-corrected chi connectivity index (χ1v) is 20.1. The van der Waals surface area contributed by atoms with Crippen molar-refractivity contribution in [2.75, 3.05) is 46.1 Å². The monoisotopic (exact) mass is 679 g/mol. The Bertz CT molecular complexity index is 1380.